The van der Waals surface area contributed by atoms with E-state index in [1.54, 1.807) is 6.92 Å². The molecule has 0 radical (unpaired) electrons. The average Bonchev–Trinajstić information content (AvgIpc) is 2.38. The summed E-state index contributed by atoms with van der Waals surface area (Å²) in [5.74, 6) is -1.24. The minimum atomic E-state index is -0.820. The zero-order chi connectivity index (χ0) is 14.8. The number of carbonyl (C=O) groups excluding carboxylic acids is 1. The Labute approximate surface area is 116 Å². The van der Waals surface area contributed by atoms with Crippen molar-refractivity contribution in [2.75, 3.05) is 13.1 Å². The van der Waals surface area contributed by atoms with Crippen molar-refractivity contribution in [3.8, 4) is 0 Å². The van der Waals surface area contributed by atoms with Gasteiger partial charge in [-0.1, -0.05) is 27.2 Å². The summed E-state index contributed by atoms with van der Waals surface area (Å²) in [5, 5.41) is 11.6. The molecule has 2 atom stereocenters. The number of unbranched alkanes of at least 4 members (excludes halogenated alkanes) is 1. The highest BCUT2D eigenvalue weighted by molar-refractivity contribution is 5.74. The van der Waals surface area contributed by atoms with Crippen LogP contribution in [0.3, 0.4) is 0 Å². The van der Waals surface area contributed by atoms with Crippen LogP contribution in [0.4, 0.5) is 4.79 Å². The predicted octanol–water partition coefficient (Wildman–Crippen LogP) is 2.71. The van der Waals surface area contributed by atoms with Gasteiger partial charge in [-0.05, 0) is 26.2 Å². The van der Waals surface area contributed by atoms with Crippen LogP contribution in [-0.2, 0) is 4.79 Å². The molecule has 0 aliphatic heterocycles. The van der Waals surface area contributed by atoms with Crippen LogP contribution in [0.2, 0.25) is 0 Å². The van der Waals surface area contributed by atoms with Crippen molar-refractivity contribution in [2.45, 2.75) is 59.4 Å². The molecule has 0 aromatic carbocycles. The van der Waals surface area contributed by atoms with Gasteiger partial charge in [0, 0.05) is 19.1 Å². The zero-order valence-electron chi connectivity index (χ0n) is 12.6. The lowest BCUT2D eigenvalue weighted by molar-refractivity contribution is -0.141. The zero-order valence-corrected chi connectivity index (χ0v) is 12.6. The standard InChI is InChI=1S/C14H28N2O3/c1-5-7-10-16(12(4)6-2)14(19)15-9-8-11(3)13(17)18/h11-12H,5-10H2,1-4H3,(H,15,19)(H,17,18). The van der Waals surface area contributed by atoms with Crippen molar-refractivity contribution >= 4 is 12.0 Å². The molecule has 112 valence electrons. The molecule has 0 aliphatic carbocycles. The lowest BCUT2D eigenvalue weighted by Gasteiger charge is -2.28. The number of urea groups is 1. The monoisotopic (exact) mass is 272 g/mol. The summed E-state index contributed by atoms with van der Waals surface area (Å²) in [5.41, 5.74) is 0. The Morgan fingerprint density at radius 1 is 1.26 bits per heavy atom. The first-order valence-corrected chi connectivity index (χ1v) is 7.21. The Hall–Kier alpha value is -1.26. The van der Waals surface area contributed by atoms with E-state index in [1.807, 2.05) is 11.8 Å². The van der Waals surface area contributed by atoms with Crippen LogP contribution in [0, 0.1) is 5.92 Å². The van der Waals surface area contributed by atoms with E-state index in [-0.39, 0.29) is 12.1 Å². The van der Waals surface area contributed by atoms with Gasteiger partial charge in [0.2, 0.25) is 0 Å². The molecule has 0 aliphatic rings. The van der Waals surface area contributed by atoms with E-state index in [0.717, 1.165) is 25.8 Å². The van der Waals surface area contributed by atoms with Crippen LogP contribution in [-0.4, -0.2) is 41.1 Å². The molecule has 5 nitrogen and oxygen atoms in total. The highest BCUT2D eigenvalue weighted by atomic mass is 16.4. The first kappa shape index (κ1) is 17.7. The number of rotatable bonds is 9. The van der Waals surface area contributed by atoms with E-state index in [0.29, 0.717) is 13.0 Å². The number of carbonyl (C=O) groups is 2. The SMILES string of the molecule is CCCCN(C(=O)NCCC(C)C(=O)O)C(C)CC. The quantitative estimate of drug-likeness (QED) is 0.678. The number of carboxylic acid groups (broad SMARTS) is 1. The van der Waals surface area contributed by atoms with Crippen molar-refractivity contribution in [1.29, 1.82) is 0 Å². The molecule has 2 unspecified atom stereocenters. The molecule has 0 aromatic heterocycles. The average molecular weight is 272 g/mol. The fraction of sp³-hybridized carbons (Fsp3) is 0.857. The predicted molar refractivity (Wildman–Crippen MR) is 76.2 cm³/mol. The number of aliphatic carboxylic acids is 1. The summed E-state index contributed by atoms with van der Waals surface area (Å²) in [6.45, 7) is 9.01. The number of nitrogens with zero attached hydrogens (tertiary/aromatic N) is 1. The van der Waals surface area contributed by atoms with Gasteiger partial charge in [0.25, 0.3) is 0 Å². The van der Waals surface area contributed by atoms with E-state index in [2.05, 4.69) is 19.2 Å². The Morgan fingerprint density at radius 2 is 1.89 bits per heavy atom. The maximum absolute atomic E-state index is 12.1. The van der Waals surface area contributed by atoms with Gasteiger partial charge in [-0.2, -0.15) is 0 Å². The van der Waals surface area contributed by atoms with Crippen molar-refractivity contribution in [2.24, 2.45) is 5.92 Å². The summed E-state index contributed by atoms with van der Waals surface area (Å²) in [7, 11) is 0. The molecular weight excluding hydrogens is 244 g/mol. The molecule has 0 saturated heterocycles. The second-order valence-electron chi connectivity index (χ2n) is 5.06. The van der Waals surface area contributed by atoms with Gasteiger partial charge < -0.3 is 15.3 Å². The van der Waals surface area contributed by atoms with E-state index < -0.39 is 11.9 Å². The number of hydrogen-bond acceptors (Lipinski definition) is 2. The molecule has 0 saturated carbocycles. The largest absolute Gasteiger partial charge is 0.481 e. The van der Waals surface area contributed by atoms with Crippen molar-refractivity contribution < 1.29 is 14.7 Å². The van der Waals surface area contributed by atoms with Gasteiger partial charge in [-0.15, -0.1) is 0 Å². The first-order chi connectivity index (χ1) is 8.93. The van der Waals surface area contributed by atoms with Crippen LogP contribution in [0.15, 0.2) is 0 Å². The minimum Gasteiger partial charge on any atom is -0.481 e. The summed E-state index contributed by atoms with van der Waals surface area (Å²) < 4.78 is 0. The molecule has 0 bridgehead atoms. The van der Waals surface area contributed by atoms with Crippen LogP contribution < -0.4 is 5.32 Å². The Balaban J connectivity index is 4.20. The molecule has 2 amide bonds. The lowest BCUT2D eigenvalue weighted by atomic mass is 10.1. The van der Waals surface area contributed by atoms with Gasteiger partial charge >= 0.3 is 12.0 Å². The highest BCUT2D eigenvalue weighted by Gasteiger charge is 2.18. The molecule has 0 aromatic rings. The van der Waals surface area contributed by atoms with Gasteiger partial charge in [-0.25, -0.2) is 4.79 Å². The molecule has 0 spiro atoms. The van der Waals surface area contributed by atoms with Gasteiger partial charge in [-0.3, -0.25) is 4.79 Å². The third kappa shape index (κ3) is 7.03. The lowest BCUT2D eigenvalue weighted by Crippen LogP contribution is -2.45. The summed E-state index contributed by atoms with van der Waals surface area (Å²) in [6, 6.07) is 0.129. The topological polar surface area (TPSA) is 69.6 Å². The maximum atomic E-state index is 12.1. The Bertz CT molecular complexity index is 282. The second-order valence-corrected chi connectivity index (χ2v) is 5.06. The van der Waals surface area contributed by atoms with Crippen molar-refractivity contribution in [1.82, 2.24) is 10.2 Å². The molecule has 2 N–H and O–H groups in total. The molecule has 5 heteroatoms. The fourth-order valence-corrected chi connectivity index (χ4v) is 1.69. The number of carboxylic acids is 1. The van der Waals surface area contributed by atoms with Crippen LogP contribution >= 0.6 is 0 Å². The summed E-state index contributed by atoms with van der Waals surface area (Å²) >= 11 is 0. The molecule has 0 heterocycles. The Kier molecular flexibility index (Phi) is 9.00. The third-order valence-corrected chi connectivity index (χ3v) is 3.41. The number of nitrogens with one attached hydrogen (secondary N) is 1. The smallest absolute Gasteiger partial charge is 0.317 e. The number of hydrogen-bond donors (Lipinski definition) is 2. The van der Waals surface area contributed by atoms with Gasteiger partial charge in [0.1, 0.15) is 0 Å². The van der Waals surface area contributed by atoms with Crippen molar-refractivity contribution in [3.05, 3.63) is 0 Å². The van der Waals surface area contributed by atoms with Crippen LogP contribution in [0.1, 0.15) is 53.4 Å². The van der Waals surface area contributed by atoms with Gasteiger partial charge in [0.05, 0.1) is 5.92 Å². The molecule has 0 fully saturated rings. The first-order valence-electron chi connectivity index (χ1n) is 7.21. The molecule has 0 rings (SSSR count). The maximum Gasteiger partial charge on any atom is 0.317 e. The normalized spacial score (nSPS) is 13.7. The van der Waals surface area contributed by atoms with E-state index in [1.165, 1.54) is 0 Å². The summed E-state index contributed by atoms with van der Waals surface area (Å²) in [6.07, 6.45) is 3.42. The minimum absolute atomic E-state index is 0.0830. The molecular formula is C14H28N2O3. The third-order valence-electron chi connectivity index (χ3n) is 3.41. The van der Waals surface area contributed by atoms with E-state index >= 15 is 0 Å². The highest BCUT2D eigenvalue weighted by Crippen LogP contribution is 2.07. The van der Waals surface area contributed by atoms with Crippen molar-refractivity contribution in [3.63, 3.8) is 0 Å². The van der Waals surface area contributed by atoms with Crippen LogP contribution in [0.25, 0.3) is 0 Å². The molecule has 19 heavy (non-hydrogen) atoms. The van der Waals surface area contributed by atoms with Crippen LogP contribution in [0.5, 0.6) is 0 Å². The van der Waals surface area contributed by atoms with E-state index in [4.69, 9.17) is 5.11 Å². The van der Waals surface area contributed by atoms with E-state index in [9.17, 15) is 9.59 Å². The Morgan fingerprint density at radius 3 is 2.37 bits per heavy atom. The fourth-order valence-electron chi connectivity index (χ4n) is 1.69. The van der Waals surface area contributed by atoms with Gasteiger partial charge in [0.15, 0.2) is 0 Å². The number of amides is 2. The second kappa shape index (κ2) is 9.64. The summed E-state index contributed by atoms with van der Waals surface area (Å²) in [4.78, 5) is 24.6.